The van der Waals surface area contributed by atoms with Crippen molar-refractivity contribution in [1.29, 1.82) is 0 Å². The van der Waals surface area contributed by atoms with Gasteiger partial charge in [-0.15, -0.1) is 0 Å². The van der Waals surface area contributed by atoms with E-state index in [1.165, 1.54) is 0 Å². The lowest BCUT2D eigenvalue weighted by molar-refractivity contribution is -0.125. The fraction of sp³-hybridized carbons (Fsp3) is 0.185. The summed E-state index contributed by atoms with van der Waals surface area (Å²) in [5.74, 6) is -1.26. The zero-order valence-electron chi connectivity index (χ0n) is 18.9. The fourth-order valence-corrected chi connectivity index (χ4v) is 4.37. The number of hydrogen-bond donors (Lipinski definition) is 1. The third-order valence-electron chi connectivity index (χ3n) is 6.17. The van der Waals surface area contributed by atoms with Crippen molar-refractivity contribution in [2.24, 2.45) is 0 Å². The predicted molar refractivity (Wildman–Crippen MR) is 128 cm³/mol. The topological polar surface area (TPSA) is 96.0 Å². The lowest BCUT2D eigenvalue weighted by Gasteiger charge is -2.24. The highest BCUT2D eigenvalue weighted by Crippen LogP contribution is 2.36. The number of esters is 1. The highest BCUT2D eigenvalue weighted by molar-refractivity contribution is 6.04. The van der Waals surface area contributed by atoms with Crippen LogP contribution in [0, 0.1) is 0 Å². The van der Waals surface area contributed by atoms with Crippen molar-refractivity contribution < 1.29 is 23.9 Å². The molecule has 1 fully saturated rings. The molecule has 35 heavy (non-hydrogen) atoms. The Morgan fingerprint density at radius 1 is 0.829 bits per heavy atom. The molecule has 0 bridgehead atoms. The summed E-state index contributed by atoms with van der Waals surface area (Å²) in [5.41, 5.74) is 4.68. The van der Waals surface area contributed by atoms with Crippen LogP contribution < -0.4 is 10.2 Å². The van der Waals surface area contributed by atoms with Crippen LogP contribution in [0.4, 0.5) is 16.2 Å². The summed E-state index contributed by atoms with van der Waals surface area (Å²) in [6.45, 7) is -0.304. The standard InChI is InChI=1S/C27H23N3O5/c31-24-15-28-27(34)29(24)16-18-9-11-21(12-10-18)26(33)35-17-25(32)30-22-7-3-1-5-19(22)13-14-20-6-2-4-8-23(20)30/h1-12H,13-17H2,(H,28,34). The number of benzene rings is 3. The van der Waals surface area contributed by atoms with E-state index >= 15 is 0 Å². The molecule has 0 radical (unpaired) electrons. The first-order chi connectivity index (χ1) is 17.0. The summed E-state index contributed by atoms with van der Waals surface area (Å²) in [6, 6.07) is 21.5. The van der Waals surface area contributed by atoms with Crippen LogP contribution in [-0.2, 0) is 33.7 Å². The van der Waals surface area contributed by atoms with Gasteiger partial charge in [0.15, 0.2) is 6.61 Å². The molecule has 2 aliphatic heterocycles. The number of urea groups is 1. The largest absolute Gasteiger partial charge is 0.452 e. The summed E-state index contributed by atoms with van der Waals surface area (Å²) in [5, 5.41) is 2.47. The molecule has 0 spiro atoms. The van der Waals surface area contributed by atoms with Gasteiger partial charge in [-0.1, -0.05) is 48.5 Å². The molecule has 0 atom stereocenters. The normalized spacial score (nSPS) is 14.6. The van der Waals surface area contributed by atoms with E-state index in [1.54, 1.807) is 29.2 Å². The van der Waals surface area contributed by atoms with Crippen LogP contribution in [0.1, 0.15) is 27.0 Å². The molecular weight excluding hydrogens is 446 g/mol. The molecule has 5 rings (SSSR count). The minimum atomic E-state index is -0.628. The quantitative estimate of drug-likeness (QED) is 0.457. The Hall–Kier alpha value is -4.46. The van der Waals surface area contributed by atoms with Crippen molar-refractivity contribution in [3.63, 3.8) is 0 Å². The van der Waals surface area contributed by atoms with E-state index < -0.39 is 18.6 Å². The first kappa shape index (κ1) is 22.3. The van der Waals surface area contributed by atoms with E-state index in [0.717, 1.165) is 40.2 Å². The number of nitrogens with zero attached hydrogens (tertiary/aromatic N) is 2. The molecular formula is C27H23N3O5. The van der Waals surface area contributed by atoms with Crippen LogP contribution >= 0.6 is 0 Å². The summed E-state index contributed by atoms with van der Waals surface area (Å²) < 4.78 is 5.36. The number of ether oxygens (including phenoxy) is 1. The van der Waals surface area contributed by atoms with E-state index in [-0.39, 0.29) is 30.5 Å². The summed E-state index contributed by atoms with van der Waals surface area (Å²) >= 11 is 0. The highest BCUT2D eigenvalue weighted by Gasteiger charge is 2.29. The maximum atomic E-state index is 13.3. The van der Waals surface area contributed by atoms with Gasteiger partial charge in [-0.2, -0.15) is 0 Å². The number of carbonyl (C=O) groups excluding carboxylic acids is 4. The molecule has 3 aromatic rings. The second-order valence-corrected chi connectivity index (χ2v) is 8.40. The van der Waals surface area contributed by atoms with Gasteiger partial charge in [-0.05, 0) is 53.8 Å². The number of aryl methyl sites for hydroxylation is 2. The van der Waals surface area contributed by atoms with E-state index in [4.69, 9.17) is 4.74 Å². The molecule has 3 aromatic carbocycles. The van der Waals surface area contributed by atoms with Crippen LogP contribution in [0.5, 0.6) is 0 Å². The number of nitrogens with one attached hydrogen (secondary N) is 1. The number of rotatable bonds is 5. The fourth-order valence-electron chi connectivity index (χ4n) is 4.37. The van der Waals surface area contributed by atoms with Gasteiger partial charge in [-0.3, -0.25) is 19.4 Å². The number of para-hydroxylation sites is 2. The van der Waals surface area contributed by atoms with Crippen LogP contribution in [0.15, 0.2) is 72.8 Å². The van der Waals surface area contributed by atoms with Crippen molar-refractivity contribution in [2.75, 3.05) is 18.1 Å². The zero-order valence-corrected chi connectivity index (χ0v) is 18.9. The van der Waals surface area contributed by atoms with Crippen LogP contribution in [0.3, 0.4) is 0 Å². The van der Waals surface area contributed by atoms with E-state index in [1.807, 2.05) is 48.5 Å². The maximum absolute atomic E-state index is 13.3. The summed E-state index contributed by atoms with van der Waals surface area (Å²) in [4.78, 5) is 52.1. The van der Waals surface area contributed by atoms with Gasteiger partial charge < -0.3 is 10.1 Å². The molecule has 176 valence electrons. The van der Waals surface area contributed by atoms with E-state index in [9.17, 15) is 19.2 Å². The predicted octanol–water partition coefficient (Wildman–Crippen LogP) is 3.36. The van der Waals surface area contributed by atoms with Gasteiger partial charge >= 0.3 is 12.0 Å². The first-order valence-electron chi connectivity index (χ1n) is 11.3. The van der Waals surface area contributed by atoms with Crippen LogP contribution in [-0.4, -0.2) is 41.9 Å². The first-order valence-corrected chi connectivity index (χ1v) is 11.3. The summed E-state index contributed by atoms with van der Waals surface area (Å²) in [7, 11) is 0. The Labute approximate surface area is 202 Å². The van der Waals surface area contributed by atoms with Gasteiger partial charge in [0.2, 0.25) is 5.91 Å². The second kappa shape index (κ2) is 9.42. The Balaban J connectivity index is 1.28. The van der Waals surface area contributed by atoms with Gasteiger partial charge in [0.25, 0.3) is 5.91 Å². The Kier molecular flexibility index (Phi) is 6.01. The molecule has 2 heterocycles. The third kappa shape index (κ3) is 4.50. The maximum Gasteiger partial charge on any atom is 0.338 e. The van der Waals surface area contributed by atoms with Crippen molar-refractivity contribution in [2.45, 2.75) is 19.4 Å². The number of anilines is 2. The molecule has 1 saturated heterocycles. The lowest BCUT2D eigenvalue weighted by Crippen LogP contribution is -2.31. The average Bonchev–Trinajstić information content (AvgIpc) is 3.10. The highest BCUT2D eigenvalue weighted by atomic mass is 16.5. The molecule has 1 N–H and O–H groups in total. The number of amides is 4. The van der Waals surface area contributed by atoms with Gasteiger partial charge in [-0.25, -0.2) is 9.59 Å². The molecule has 0 saturated carbocycles. The lowest BCUT2D eigenvalue weighted by atomic mass is 10.0. The molecule has 8 nitrogen and oxygen atoms in total. The molecule has 0 unspecified atom stereocenters. The minimum absolute atomic E-state index is 0.0107. The number of imide groups is 1. The molecule has 0 aromatic heterocycles. The van der Waals surface area contributed by atoms with Gasteiger partial charge in [0.1, 0.15) is 0 Å². The Bertz CT molecular complexity index is 1250. The van der Waals surface area contributed by atoms with E-state index in [2.05, 4.69) is 5.32 Å². The van der Waals surface area contributed by atoms with Crippen LogP contribution in [0.2, 0.25) is 0 Å². The Morgan fingerprint density at radius 2 is 1.43 bits per heavy atom. The number of hydrogen-bond acceptors (Lipinski definition) is 5. The minimum Gasteiger partial charge on any atom is -0.452 e. The molecule has 8 heteroatoms. The Morgan fingerprint density at radius 3 is 2.00 bits per heavy atom. The van der Waals surface area contributed by atoms with Crippen molar-refractivity contribution in [3.8, 4) is 0 Å². The summed E-state index contributed by atoms with van der Waals surface area (Å²) in [6.07, 6.45) is 1.63. The van der Waals surface area contributed by atoms with Crippen LogP contribution in [0.25, 0.3) is 0 Å². The van der Waals surface area contributed by atoms with Crippen molar-refractivity contribution in [3.05, 3.63) is 95.1 Å². The zero-order chi connectivity index (χ0) is 24.4. The average molecular weight is 469 g/mol. The number of carbonyl (C=O) groups is 4. The van der Waals surface area contributed by atoms with Gasteiger partial charge in [0.05, 0.1) is 30.0 Å². The van der Waals surface area contributed by atoms with Gasteiger partial charge in [0, 0.05) is 0 Å². The number of fused-ring (bicyclic) bond motifs is 2. The molecule has 4 amide bonds. The van der Waals surface area contributed by atoms with Crippen molar-refractivity contribution >= 4 is 35.2 Å². The SMILES string of the molecule is O=C(OCC(=O)N1c2ccccc2CCc2ccccc21)c1ccc(CN2C(=O)CNC2=O)cc1. The molecule has 2 aliphatic rings. The second-order valence-electron chi connectivity index (χ2n) is 8.40. The third-order valence-corrected chi connectivity index (χ3v) is 6.17. The van der Waals surface area contributed by atoms with E-state index in [0.29, 0.717) is 5.56 Å². The smallest absolute Gasteiger partial charge is 0.338 e. The van der Waals surface area contributed by atoms with Crippen molar-refractivity contribution in [1.82, 2.24) is 10.2 Å². The molecule has 0 aliphatic carbocycles. The monoisotopic (exact) mass is 469 g/mol.